The van der Waals surface area contributed by atoms with Gasteiger partial charge in [0.05, 0.1) is 11.1 Å². The van der Waals surface area contributed by atoms with E-state index in [-0.39, 0.29) is 12.1 Å². The lowest BCUT2D eigenvalue weighted by atomic mass is 10.1. The standard InChI is InChI=1S/C12H12F3NO3S/c1-20-3-2-10(17)16-9-5-7(11(18)19)4-8(6-9)12(13,14)15/h4-6H,2-3H2,1H3,(H,16,17)(H,18,19). The van der Waals surface area contributed by atoms with Crippen molar-refractivity contribution in [3.63, 3.8) is 0 Å². The first-order valence-electron chi connectivity index (χ1n) is 5.48. The van der Waals surface area contributed by atoms with E-state index in [2.05, 4.69) is 5.32 Å². The number of thioether (sulfide) groups is 1. The van der Waals surface area contributed by atoms with Crippen LogP contribution < -0.4 is 5.32 Å². The van der Waals surface area contributed by atoms with Gasteiger partial charge in [-0.25, -0.2) is 4.79 Å². The van der Waals surface area contributed by atoms with Crippen LogP contribution in [-0.2, 0) is 11.0 Å². The minimum absolute atomic E-state index is 0.139. The molecule has 20 heavy (non-hydrogen) atoms. The monoisotopic (exact) mass is 307 g/mol. The van der Waals surface area contributed by atoms with Crippen LogP contribution in [0.25, 0.3) is 0 Å². The molecule has 1 amide bonds. The number of alkyl halides is 3. The summed E-state index contributed by atoms with van der Waals surface area (Å²) in [5, 5.41) is 11.1. The van der Waals surface area contributed by atoms with Crippen molar-refractivity contribution in [3.8, 4) is 0 Å². The Morgan fingerprint density at radius 3 is 2.45 bits per heavy atom. The minimum Gasteiger partial charge on any atom is -0.478 e. The maximum absolute atomic E-state index is 12.6. The number of carboxylic acids is 1. The second kappa shape index (κ2) is 6.65. The third kappa shape index (κ3) is 4.76. The van der Waals surface area contributed by atoms with Crippen LogP contribution in [0, 0.1) is 0 Å². The van der Waals surface area contributed by atoms with Crippen molar-refractivity contribution < 1.29 is 27.9 Å². The number of amides is 1. The second-order valence-corrected chi connectivity index (χ2v) is 4.88. The van der Waals surface area contributed by atoms with Crippen molar-refractivity contribution in [2.45, 2.75) is 12.6 Å². The first-order valence-corrected chi connectivity index (χ1v) is 6.88. The van der Waals surface area contributed by atoms with E-state index >= 15 is 0 Å². The molecular weight excluding hydrogens is 295 g/mol. The van der Waals surface area contributed by atoms with Gasteiger partial charge >= 0.3 is 12.1 Å². The zero-order valence-corrected chi connectivity index (χ0v) is 11.3. The van der Waals surface area contributed by atoms with Crippen LogP contribution in [0.2, 0.25) is 0 Å². The van der Waals surface area contributed by atoms with Crippen LogP contribution >= 0.6 is 11.8 Å². The molecule has 0 heterocycles. The van der Waals surface area contributed by atoms with Crippen LogP contribution in [0.4, 0.5) is 18.9 Å². The molecule has 0 aromatic heterocycles. The topological polar surface area (TPSA) is 66.4 Å². The van der Waals surface area contributed by atoms with Crippen molar-refractivity contribution in [1.82, 2.24) is 0 Å². The highest BCUT2D eigenvalue weighted by Gasteiger charge is 2.32. The molecule has 0 aliphatic rings. The van der Waals surface area contributed by atoms with Gasteiger partial charge < -0.3 is 10.4 Å². The number of nitrogens with one attached hydrogen (secondary N) is 1. The van der Waals surface area contributed by atoms with Crippen molar-refractivity contribution in [2.24, 2.45) is 0 Å². The molecule has 8 heteroatoms. The highest BCUT2D eigenvalue weighted by atomic mass is 32.2. The smallest absolute Gasteiger partial charge is 0.416 e. The fourth-order valence-corrected chi connectivity index (χ4v) is 1.79. The molecule has 0 aliphatic carbocycles. The Labute approximate surface area is 117 Å². The van der Waals surface area contributed by atoms with E-state index < -0.39 is 29.2 Å². The molecule has 2 N–H and O–H groups in total. The first kappa shape index (κ1) is 16.4. The SMILES string of the molecule is CSCCC(=O)Nc1cc(C(=O)O)cc(C(F)(F)F)c1. The van der Waals surface area contributed by atoms with Crippen LogP contribution in [0.1, 0.15) is 22.3 Å². The Kier molecular flexibility index (Phi) is 5.43. The van der Waals surface area contributed by atoms with Gasteiger partial charge in [0.25, 0.3) is 0 Å². The van der Waals surface area contributed by atoms with Crippen LogP contribution in [0.5, 0.6) is 0 Å². The van der Waals surface area contributed by atoms with Gasteiger partial charge in [-0.3, -0.25) is 4.79 Å². The largest absolute Gasteiger partial charge is 0.478 e. The van der Waals surface area contributed by atoms with E-state index in [1.54, 1.807) is 6.26 Å². The molecule has 0 saturated heterocycles. The maximum Gasteiger partial charge on any atom is 0.416 e. The predicted octanol–water partition coefficient (Wildman–Crippen LogP) is 3.10. The average Bonchev–Trinajstić information content (AvgIpc) is 2.34. The Morgan fingerprint density at radius 1 is 1.30 bits per heavy atom. The summed E-state index contributed by atoms with van der Waals surface area (Å²) in [4.78, 5) is 22.3. The molecule has 0 unspecified atom stereocenters. The van der Waals surface area contributed by atoms with E-state index in [9.17, 15) is 22.8 Å². The zero-order valence-electron chi connectivity index (χ0n) is 10.5. The Morgan fingerprint density at radius 2 is 1.95 bits per heavy atom. The number of aromatic carboxylic acids is 1. The zero-order chi connectivity index (χ0) is 15.3. The number of hydrogen-bond donors (Lipinski definition) is 2. The van der Waals surface area contributed by atoms with Gasteiger partial charge in [-0.2, -0.15) is 24.9 Å². The molecule has 4 nitrogen and oxygen atoms in total. The summed E-state index contributed by atoms with van der Waals surface area (Å²) in [6, 6.07) is 2.23. The third-order valence-corrected chi connectivity index (χ3v) is 2.94. The molecule has 0 aliphatic heterocycles. The van der Waals surface area contributed by atoms with Gasteiger partial charge in [0.1, 0.15) is 0 Å². The van der Waals surface area contributed by atoms with Crippen LogP contribution in [0.15, 0.2) is 18.2 Å². The molecule has 0 spiro atoms. The van der Waals surface area contributed by atoms with Crippen molar-refractivity contribution in [3.05, 3.63) is 29.3 Å². The highest BCUT2D eigenvalue weighted by molar-refractivity contribution is 7.98. The fraction of sp³-hybridized carbons (Fsp3) is 0.333. The number of benzene rings is 1. The van der Waals surface area contributed by atoms with Crippen LogP contribution in [-0.4, -0.2) is 29.0 Å². The van der Waals surface area contributed by atoms with Crippen LogP contribution in [0.3, 0.4) is 0 Å². The van der Waals surface area contributed by atoms with E-state index in [0.29, 0.717) is 17.9 Å². The number of rotatable bonds is 5. The number of anilines is 1. The number of hydrogen-bond acceptors (Lipinski definition) is 3. The van der Waals surface area contributed by atoms with E-state index in [1.807, 2.05) is 0 Å². The molecule has 0 saturated carbocycles. The molecule has 1 aromatic carbocycles. The molecule has 110 valence electrons. The quantitative estimate of drug-likeness (QED) is 0.877. The summed E-state index contributed by atoms with van der Waals surface area (Å²) in [6.45, 7) is 0. The molecule has 0 bridgehead atoms. The number of carbonyl (C=O) groups excluding carboxylic acids is 1. The lowest BCUT2D eigenvalue weighted by molar-refractivity contribution is -0.137. The first-order chi connectivity index (χ1) is 9.24. The summed E-state index contributed by atoms with van der Waals surface area (Å²) < 4.78 is 37.9. The highest BCUT2D eigenvalue weighted by Crippen LogP contribution is 2.32. The summed E-state index contributed by atoms with van der Waals surface area (Å²) in [5.74, 6) is -1.43. The molecule has 1 rings (SSSR count). The predicted molar refractivity (Wildman–Crippen MR) is 70.0 cm³/mol. The third-order valence-electron chi connectivity index (χ3n) is 2.32. The minimum atomic E-state index is -4.68. The summed E-state index contributed by atoms with van der Waals surface area (Å²) in [5.41, 5.74) is -1.82. The average molecular weight is 307 g/mol. The molecular formula is C12H12F3NO3S. The van der Waals surface area contributed by atoms with E-state index in [4.69, 9.17) is 5.11 Å². The van der Waals surface area contributed by atoms with Gasteiger partial charge in [0.15, 0.2) is 0 Å². The van der Waals surface area contributed by atoms with Gasteiger partial charge in [-0.05, 0) is 24.5 Å². The lowest BCUT2D eigenvalue weighted by Gasteiger charge is -2.11. The lowest BCUT2D eigenvalue weighted by Crippen LogP contribution is -2.14. The molecule has 0 fully saturated rings. The molecule has 0 radical (unpaired) electrons. The van der Waals surface area contributed by atoms with Gasteiger partial charge in [-0.1, -0.05) is 0 Å². The van der Waals surface area contributed by atoms with Gasteiger partial charge in [0.2, 0.25) is 5.91 Å². The Balaban J connectivity index is 3.04. The Bertz CT molecular complexity index is 517. The summed E-state index contributed by atoms with van der Waals surface area (Å²) in [7, 11) is 0. The summed E-state index contributed by atoms with van der Waals surface area (Å²) in [6.07, 6.45) is -2.75. The number of carbonyl (C=O) groups is 2. The van der Waals surface area contributed by atoms with Gasteiger partial charge in [-0.15, -0.1) is 0 Å². The summed E-state index contributed by atoms with van der Waals surface area (Å²) >= 11 is 1.42. The normalized spacial score (nSPS) is 11.2. The van der Waals surface area contributed by atoms with E-state index in [1.165, 1.54) is 11.8 Å². The molecule has 0 atom stereocenters. The molecule has 1 aromatic rings. The maximum atomic E-state index is 12.6. The van der Waals surface area contributed by atoms with Crippen molar-refractivity contribution >= 4 is 29.3 Å². The van der Waals surface area contributed by atoms with E-state index in [0.717, 1.165) is 6.07 Å². The fourth-order valence-electron chi connectivity index (χ4n) is 1.41. The van der Waals surface area contributed by atoms with Crippen molar-refractivity contribution in [1.29, 1.82) is 0 Å². The number of carboxylic acid groups (broad SMARTS) is 1. The number of halogens is 3. The Hall–Kier alpha value is -1.70. The van der Waals surface area contributed by atoms with Crippen molar-refractivity contribution in [2.75, 3.05) is 17.3 Å². The second-order valence-electron chi connectivity index (χ2n) is 3.89. The van der Waals surface area contributed by atoms with Gasteiger partial charge in [0, 0.05) is 17.9 Å².